The molecule has 26 heavy (non-hydrogen) atoms. The maximum absolute atomic E-state index is 10.8. The summed E-state index contributed by atoms with van der Waals surface area (Å²) in [5.74, 6) is -0.681. The molecule has 1 fully saturated rings. The first kappa shape index (κ1) is 21.2. The van der Waals surface area contributed by atoms with Crippen LogP contribution in [-0.4, -0.2) is 58.3 Å². The van der Waals surface area contributed by atoms with Gasteiger partial charge in [-0.3, -0.25) is 4.90 Å². The average molecular weight is 388 g/mol. The molecule has 1 aromatic heterocycles. The van der Waals surface area contributed by atoms with Crippen LogP contribution in [0, 0.1) is 0 Å². The van der Waals surface area contributed by atoms with Crippen molar-refractivity contribution in [2.24, 2.45) is 0 Å². The average Bonchev–Trinajstić information content (AvgIpc) is 3.21. The Kier molecular flexibility index (Phi) is 8.91. The largest absolute Gasteiger partial charge is 0.475 e. The summed E-state index contributed by atoms with van der Waals surface area (Å²) in [5, 5.41) is 19.0. The van der Waals surface area contributed by atoms with E-state index >= 15 is 0 Å². The Bertz CT molecular complexity index is 550. The predicted octanol–water partition coefficient (Wildman–Crippen LogP) is 3.51. The number of hydrogen-bond donors (Lipinski definition) is 2. The monoisotopic (exact) mass is 387 g/mol. The van der Waals surface area contributed by atoms with Crippen molar-refractivity contribution in [1.29, 1.82) is 0 Å². The number of furan rings is 1. The Morgan fingerprint density at radius 3 is 2.92 bits per heavy atom. The number of likely N-dealkylation sites (tertiary alicyclic amines) is 1. The van der Waals surface area contributed by atoms with Gasteiger partial charge in [0.1, 0.15) is 12.4 Å². The van der Waals surface area contributed by atoms with E-state index < -0.39 is 5.97 Å². The lowest BCUT2D eigenvalue weighted by atomic mass is 10.1. The van der Waals surface area contributed by atoms with Gasteiger partial charge in [-0.05, 0) is 31.4 Å². The summed E-state index contributed by atoms with van der Waals surface area (Å²) >= 11 is 6.43. The number of aliphatic hydroxyl groups excluding tert-OH is 1. The fraction of sp³-hybridized carbons (Fsp3) is 0.737. The number of hydrogen-bond acceptors (Lipinski definition) is 5. The number of carbonyl (C=O) groups is 1. The number of aliphatic hydroxyl groups is 1. The van der Waals surface area contributed by atoms with E-state index in [1.807, 2.05) is 0 Å². The van der Waals surface area contributed by atoms with Gasteiger partial charge in [-0.2, -0.15) is 0 Å². The number of carboxylic acids is 1. The first-order valence-electron chi connectivity index (χ1n) is 9.47. The van der Waals surface area contributed by atoms with Crippen LogP contribution in [0.4, 0.5) is 0 Å². The maximum atomic E-state index is 10.8. The minimum absolute atomic E-state index is 0.0263. The normalized spacial score (nSPS) is 22.0. The second kappa shape index (κ2) is 10.9. The zero-order valence-electron chi connectivity index (χ0n) is 15.4. The third-order valence-corrected chi connectivity index (χ3v) is 5.38. The molecule has 0 aromatic carbocycles. The van der Waals surface area contributed by atoms with Crippen LogP contribution in [0.25, 0.3) is 0 Å². The highest BCUT2D eigenvalue weighted by Gasteiger charge is 2.32. The number of rotatable bonds is 12. The molecule has 6 nitrogen and oxygen atoms in total. The third kappa shape index (κ3) is 6.58. The molecule has 148 valence electrons. The van der Waals surface area contributed by atoms with Gasteiger partial charge in [0, 0.05) is 19.1 Å². The zero-order valence-corrected chi connectivity index (χ0v) is 16.2. The summed E-state index contributed by atoms with van der Waals surface area (Å²) in [4.78, 5) is 13.1. The van der Waals surface area contributed by atoms with E-state index in [0.717, 1.165) is 51.6 Å². The highest BCUT2D eigenvalue weighted by molar-refractivity contribution is 6.21. The number of carboxylic acid groups (broad SMARTS) is 1. The molecule has 0 amide bonds. The van der Waals surface area contributed by atoms with E-state index in [1.54, 1.807) is 6.07 Å². The Morgan fingerprint density at radius 2 is 2.23 bits per heavy atom. The van der Waals surface area contributed by atoms with Gasteiger partial charge >= 0.3 is 5.97 Å². The number of ether oxygens (including phenoxy) is 1. The van der Waals surface area contributed by atoms with Crippen molar-refractivity contribution in [3.63, 3.8) is 0 Å². The Balaban J connectivity index is 1.72. The molecule has 7 heteroatoms. The number of alkyl halides is 1. The minimum Gasteiger partial charge on any atom is -0.475 e. The van der Waals surface area contributed by atoms with Crippen molar-refractivity contribution >= 4 is 17.6 Å². The second-order valence-electron chi connectivity index (χ2n) is 6.93. The molecule has 0 radical (unpaired) electrons. The van der Waals surface area contributed by atoms with Crippen LogP contribution in [0.1, 0.15) is 61.8 Å². The second-order valence-corrected chi connectivity index (χ2v) is 7.49. The lowest BCUT2D eigenvalue weighted by Crippen LogP contribution is -2.38. The van der Waals surface area contributed by atoms with Crippen LogP contribution in [0.2, 0.25) is 0 Å². The number of aromatic carboxylic acids is 1. The van der Waals surface area contributed by atoms with E-state index in [1.165, 1.54) is 6.07 Å². The molecule has 0 saturated carbocycles. The van der Waals surface area contributed by atoms with Crippen molar-refractivity contribution in [1.82, 2.24) is 4.90 Å². The highest BCUT2D eigenvalue weighted by Crippen LogP contribution is 2.24. The molecule has 0 aliphatic carbocycles. The van der Waals surface area contributed by atoms with Crippen LogP contribution < -0.4 is 0 Å². The molecule has 2 N–H and O–H groups in total. The van der Waals surface area contributed by atoms with Crippen LogP contribution in [-0.2, 0) is 11.3 Å². The summed E-state index contributed by atoms with van der Waals surface area (Å²) in [7, 11) is 0. The van der Waals surface area contributed by atoms with Crippen molar-refractivity contribution < 1.29 is 24.2 Å². The van der Waals surface area contributed by atoms with Gasteiger partial charge in [-0.1, -0.05) is 26.2 Å². The van der Waals surface area contributed by atoms with Crippen molar-refractivity contribution in [3.8, 4) is 0 Å². The van der Waals surface area contributed by atoms with Crippen LogP contribution >= 0.6 is 11.6 Å². The molecule has 1 aliphatic rings. The number of nitrogens with zero attached hydrogens (tertiary/aromatic N) is 1. The van der Waals surface area contributed by atoms with Crippen molar-refractivity contribution in [2.75, 3.05) is 19.7 Å². The van der Waals surface area contributed by atoms with E-state index in [2.05, 4.69) is 11.8 Å². The summed E-state index contributed by atoms with van der Waals surface area (Å²) in [6.45, 7) is 4.57. The van der Waals surface area contributed by atoms with Gasteiger partial charge in [-0.25, -0.2) is 4.79 Å². The quantitative estimate of drug-likeness (QED) is 0.422. The number of unbranched alkanes of at least 4 members (excludes halogenated alkanes) is 2. The molecule has 3 atom stereocenters. The van der Waals surface area contributed by atoms with E-state index in [0.29, 0.717) is 12.4 Å². The molecule has 0 bridgehead atoms. The summed E-state index contributed by atoms with van der Waals surface area (Å²) in [6.07, 6.45) is 5.67. The molecule has 2 heterocycles. The molecule has 0 spiro atoms. The van der Waals surface area contributed by atoms with Crippen LogP contribution in [0.15, 0.2) is 16.5 Å². The van der Waals surface area contributed by atoms with Gasteiger partial charge < -0.3 is 19.4 Å². The molecule has 1 saturated heterocycles. The third-order valence-electron chi connectivity index (χ3n) is 4.87. The smallest absolute Gasteiger partial charge is 0.371 e. The van der Waals surface area contributed by atoms with Crippen molar-refractivity contribution in [3.05, 3.63) is 23.7 Å². The zero-order chi connectivity index (χ0) is 18.9. The molecule has 3 unspecified atom stereocenters. The number of halogens is 1. The van der Waals surface area contributed by atoms with Gasteiger partial charge in [0.25, 0.3) is 0 Å². The van der Waals surface area contributed by atoms with Crippen LogP contribution in [0.5, 0.6) is 0 Å². The van der Waals surface area contributed by atoms with Crippen LogP contribution in [0.3, 0.4) is 0 Å². The lowest BCUT2D eigenvalue weighted by Gasteiger charge is -2.26. The molecule has 2 rings (SSSR count). The van der Waals surface area contributed by atoms with Gasteiger partial charge in [0.2, 0.25) is 5.76 Å². The van der Waals surface area contributed by atoms with Gasteiger partial charge in [0.15, 0.2) is 0 Å². The first-order chi connectivity index (χ1) is 12.5. The Hall–Kier alpha value is -1.08. The Labute approximate surface area is 160 Å². The van der Waals surface area contributed by atoms with E-state index in [4.69, 9.17) is 25.9 Å². The predicted molar refractivity (Wildman–Crippen MR) is 99.7 cm³/mol. The minimum atomic E-state index is -1.09. The lowest BCUT2D eigenvalue weighted by molar-refractivity contribution is 0.0495. The molecular formula is C19H30ClNO5. The summed E-state index contributed by atoms with van der Waals surface area (Å²) < 4.78 is 10.9. The topological polar surface area (TPSA) is 83.1 Å². The summed E-state index contributed by atoms with van der Waals surface area (Å²) in [6, 6.07) is 3.14. The molecular weight excluding hydrogens is 358 g/mol. The first-order valence-corrected chi connectivity index (χ1v) is 9.90. The molecule has 1 aromatic rings. The van der Waals surface area contributed by atoms with E-state index in [-0.39, 0.29) is 29.9 Å². The highest BCUT2D eigenvalue weighted by atomic mass is 35.5. The van der Waals surface area contributed by atoms with Crippen molar-refractivity contribution in [2.45, 2.75) is 69.6 Å². The SMILES string of the molecule is CCCCCC(O)CCN1CCC(Cl)C1COCc1ccc(C(=O)O)o1. The fourth-order valence-corrected chi connectivity index (χ4v) is 3.63. The maximum Gasteiger partial charge on any atom is 0.371 e. The fourth-order valence-electron chi connectivity index (χ4n) is 3.30. The van der Waals surface area contributed by atoms with Gasteiger partial charge in [-0.15, -0.1) is 11.6 Å². The Morgan fingerprint density at radius 1 is 1.42 bits per heavy atom. The summed E-state index contributed by atoms with van der Waals surface area (Å²) in [5.41, 5.74) is 0. The van der Waals surface area contributed by atoms with Gasteiger partial charge in [0.05, 0.1) is 18.1 Å². The van der Waals surface area contributed by atoms with E-state index in [9.17, 15) is 9.90 Å². The standard InChI is InChI=1S/C19H30ClNO5/c1-2-3-4-5-14(22)8-10-21-11-9-16(20)17(21)13-25-12-15-6-7-18(26-15)19(23)24/h6-7,14,16-17,22H,2-5,8-13H2,1H3,(H,23,24). The molecule has 1 aliphatic heterocycles.